The molecule has 2 aromatic rings. The highest BCUT2D eigenvalue weighted by molar-refractivity contribution is 9.10. The number of carbonyl (C=O) groups is 2. The van der Waals surface area contributed by atoms with Crippen molar-refractivity contribution >= 4 is 44.9 Å². The number of imide groups is 1. The average molecular weight is 406 g/mol. The van der Waals surface area contributed by atoms with Crippen molar-refractivity contribution < 1.29 is 14.0 Å². The fraction of sp³-hybridized carbons (Fsp3) is 0.222. The van der Waals surface area contributed by atoms with E-state index in [0.717, 1.165) is 33.8 Å². The van der Waals surface area contributed by atoms with Crippen LogP contribution in [-0.2, 0) is 4.79 Å². The molecule has 0 radical (unpaired) electrons. The van der Waals surface area contributed by atoms with Gasteiger partial charge in [-0.1, -0.05) is 28.9 Å². The molecule has 3 rings (SSSR count). The van der Waals surface area contributed by atoms with E-state index in [9.17, 15) is 9.59 Å². The second-order valence-corrected chi connectivity index (χ2v) is 7.37. The summed E-state index contributed by atoms with van der Waals surface area (Å²) >= 11 is 4.49. The number of rotatable bonds is 4. The van der Waals surface area contributed by atoms with Crippen LogP contribution in [0.25, 0.3) is 17.4 Å². The maximum Gasteiger partial charge on any atom is 0.293 e. The van der Waals surface area contributed by atoms with Crippen LogP contribution < -0.4 is 0 Å². The molecule has 0 N–H and O–H groups in total. The number of furan rings is 1. The van der Waals surface area contributed by atoms with Gasteiger partial charge in [0.25, 0.3) is 11.1 Å². The largest absolute Gasteiger partial charge is 0.457 e. The van der Waals surface area contributed by atoms with Crippen molar-refractivity contribution in [2.24, 2.45) is 0 Å². The highest BCUT2D eigenvalue weighted by Gasteiger charge is 2.34. The van der Waals surface area contributed by atoms with Gasteiger partial charge in [-0.15, -0.1) is 0 Å². The van der Waals surface area contributed by atoms with Gasteiger partial charge in [0.1, 0.15) is 11.5 Å². The molecule has 0 unspecified atom stereocenters. The summed E-state index contributed by atoms with van der Waals surface area (Å²) in [6.45, 7) is 4.40. The third-order valence-electron chi connectivity index (χ3n) is 3.61. The maximum absolute atomic E-state index is 12.2. The molecule has 0 saturated carbocycles. The van der Waals surface area contributed by atoms with E-state index in [1.807, 2.05) is 38.1 Å². The molecule has 1 aromatic carbocycles. The highest BCUT2D eigenvalue weighted by atomic mass is 79.9. The fourth-order valence-corrected chi connectivity index (χ4v) is 3.97. The van der Waals surface area contributed by atoms with Crippen LogP contribution in [0.3, 0.4) is 0 Å². The van der Waals surface area contributed by atoms with E-state index in [1.165, 1.54) is 4.90 Å². The lowest BCUT2D eigenvalue weighted by atomic mass is 10.1. The summed E-state index contributed by atoms with van der Waals surface area (Å²) in [6, 6.07) is 9.68. The molecule has 0 aliphatic carbocycles. The Morgan fingerprint density at radius 2 is 2.04 bits per heavy atom. The Bertz CT molecular complexity index is 841. The Hall–Kier alpha value is -1.79. The van der Waals surface area contributed by atoms with Crippen molar-refractivity contribution in [1.29, 1.82) is 0 Å². The van der Waals surface area contributed by atoms with Crippen molar-refractivity contribution in [3.63, 3.8) is 0 Å². The summed E-state index contributed by atoms with van der Waals surface area (Å²) in [5, 5.41) is -0.221. The van der Waals surface area contributed by atoms with E-state index in [1.54, 1.807) is 12.1 Å². The molecule has 1 fully saturated rings. The lowest BCUT2D eigenvalue weighted by Crippen LogP contribution is -2.28. The van der Waals surface area contributed by atoms with Gasteiger partial charge in [0, 0.05) is 22.7 Å². The molecule has 0 atom stereocenters. The predicted molar refractivity (Wildman–Crippen MR) is 99.5 cm³/mol. The summed E-state index contributed by atoms with van der Waals surface area (Å²) in [5.41, 5.74) is 2.10. The molecule has 1 saturated heterocycles. The zero-order valence-electron chi connectivity index (χ0n) is 13.3. The fourth-order valence-electron chi connectivity index (χ4n) is 2.44. The monoisotopic (exact) mass is 405 g/mol. The maximum atomic E-state index is 12.2. The number of hydrogen-bond acceptors (Lipinski definition) is 4. The van der Waals surface area contributed by atoms with Gasteiger partial charge in [-0.05, 0) is 54.9 Å². The number of halogens is 1. The molecule has 0 spiro atoms. The standard InChI is InChI=1S/C18H16BrNO3S/c1-3-8-20-17(21)16(24-18(20)22)10-12-5-7-15(23-12)13-6-4-11(2)9-14(13)19/h4-7,9-10H,3,8H2,1-2H3/b16-10-. The molecule has 4 nitrogen and oxygen atoms in total. The molecular weight excluding hydrogens is 390 g/mol. The summed E-state index contributed by atoms with van der Waals surface area (Å²) in [6.07, 6.45) is 2.38. The highest BCUT2D eigenvalue weighted by Crippen LogP contribution is 2.34. The van der Waals surface area contributed by atoms with Gasteiger partial charge in [0.2, 0.25) is 0 Å². The zero-order valence-corrected chi connectivity index (χ0v) is 15.7. The minimum atomic E-state index is -0.249. The first-order chi connectivity index (χ1) is 11.5. The molecule has 0 bridgehead atoms. The minimum absolute atomic E-state index is 0.221. The lowest BCUT2D eigenvalue weighted by molar-refractivity contribution is -0.122. The second-order valence-electron chi connectivity index (χ2n) is 5.52. The SMILES string of the molecule is CCCN1C(=O)S/C(=C\c2ccc(-c3ccc(C)cc3Br)o2)C1=O. The van der Waals surface area contributed by atoms with Crippen molar-refractivity contribution in [2.45, 2.75) is 20.3 Å². The summed E-state index contributed by atoms with van der Waals surface area (Å²) in [5.74, 6) is 1.02. The van der Waals surface area contributed by atoms with Crippen LogP contribution in [0.2, 0.25) is 0 Å². The van der Waals surface area contributed by atoms with Crippen molar-refractivity contribution in [3.8, 4) is 11.3 Å². The van der Waals surface area contributed by atoms with Gasteiger partial charge in [-0.25, -0.2) is 0 Å². The first-order valence-corrected chi connectivity index (χ1v) is 9.22. The molecule has 1 aliphatic rings. The van der Waals surface area contributed by atoms with E-state index >= 15 is 0 Å². The van der Waals surface area contributed by atoms with Crippen molar-refractivity contribution in [2.75, 3.05) is 6.54 Å². The summed E-state index contributed by atoms with van der Waals surface area (Å²) in [7, 11) is 0. The van der Waals surface area contributed by atoms with E-state index in [2.05, 4.69) is 15.9 Å². The van der Waals surface area contributed by atoms with Crippen molar-refractivity contribution in [3.05, 3.63) is 51.0 Å². The van der Waals surface area contributed by atoms with Crippen LogP contribution >= 0.6 is 27.7 Å². The van der Waals surface area contributed by atoms with E-state index in [-0.39, 0.29) is 11.1 Å². The Kier molecular flexibility index (Phi) is 4.96. The van der Waals surface area contributed by atoms with Gasteiger partial charge >= 0.3 is 0 Å². The van der Waals surface area contributed by atoms with E-state index in [0.29, 0.717) is 23.0 Å². The minimum Gasteiger partial charge on any atom is -0.457 e. The Balaban J connectivity index is 1.86. The first kappa shape index (κ1) is 17.0. The number of amides is 2. The number of benzene rings is 1. The molecule has 2 heterocycles. The number of hydrogen-bond donors (Lipinski definition) is 0. The van der Waals surface area contributed by atoms with Gasteiger partial charge < -0.3 is 4.42 Å². The van der Waals surface area contributed by atoms with Crippen LogP contribution in [0.15, 0.2) is 44.1 Å². The van der Waals surface area contributed by atoms with Gasteiger partial charge in [0.05, 0.1) is 4.91 Å². The Labute approximate surface area is 153 Å². The Morgan fingerprint density at radius 3 is 2.75 bits per heavy atom. The normalized spacial score (nSPS) is 16.5. The quantitative estimate of drug-likeness (QED) is 0.633. The van der Waals surface area contributed by atoms with Crippen molar-refractivity contribution in [1.82, 2.24) is 4.90 Å². The van der Waals surface area contributed by atoms with E-state index < -0.39 is 0 Å². The zero-order chi connectivity index (χ0) is 17.3. The van der Waals surface area contributed by atoms with Crippen LogP contribution in [0, 0.1) is 6.92 Å². The third kappa shape index (κ3) is 3.35. The van der Waals surface area contributed by atoms with Gasteiger partial charge in [-0.2, -0.15) is 0 Å². The average Bonchev–Trinajstić information content (AvgIpc) is 3.08. The number of nitrogens with zero attached hydrogens (tertiary/aromatic N) is 1. The Morgan fingerprint density at radius 1 is 1.25 bits per heavy atom. The predicted octanol–water partition coefficient (Wildman–Crippen LogP) is 5.46. The number of aryl methyl sites for hydroxylation is 1. The molecule has 124 valence electrons. The number of carbonyl (C=O) groups excluding carboxylic acids is 2. The van der Waals surface area contributed by atoms with Crippen LogP contribution in [0.1, 0.15) is 24.7 Å². The van der Waals surface area contributed by atoms with Gasteiger partial charge in [-0.3, -0.25) is 14.5 Å². The molecule has 24 heavy (non-hydrogen) atoms. The smallest absolute Gasteiger partial charge is 0.293 e. The first-order valence-electron chi connectivity index (χ1n) is 7.61. The lowest BCUT2D eigenvalue weighted by Gasteiger charge is -2.09. The molecule has 2 amide bonds. The summed E-state index contributed by atoms with van der Waals surface area (Å²) < 4.78 is 6.78. The van der Waals surface area contributed by atoms with Gasteiger partial charge in [0.15, 0.2) is 0 Å². The molecule has 1 aliphatic heterocycles. The summed E-state index contributed by atoms with van der Waals surface area (Å²) in [4.78, 5) is 25.8. The number of thioether (sulfide) groups is 1. The molecule has 1 aromatic heterocycles. The topological polar surface area (TPSA) is 50.5 Å². The van der Waals surface area contributed by atoms with Crippen LogP contribution in [-0.4, -0.2) is 22.6 Å². The second kappa shape index (κ2) is 6.99. The third-order valence-corrected chi connectivity index (χ3v) is 5.17. The van der Waals surface area contributed by atoms with Crippen LogP contribution in [0.4, 0.5) is 4.79 Å². The van der Waals surface area contributed by atoms with Crippen LogP contribution in [0.5, 0.6) is 0 Å². The molecule has 6 heteroatoms. The molecular formula is C18H16BrNO3S. The van der Waals surface area contributed by atoms with E-state index in [4.69, 9.17) is 4.42 Å².